The molecule has 0 heterocycles. The molecule has 3 nitrogen and oxygen atoms in total. The summed E-state index contributed by atoms with van der Waals surface area (Å²) in [6.45, 7) is 5.95. The minimum absolute atomic E-state index is 0.00977. The van der Waals surface area contributed by atoms with Crippen LogP contribution in [0.4, 0.5) is 4.39 Å². The van der Waals surface area contributed by atoms with E-state index in [1.165, 1.54) is 19.2 Å². The Balaban J connectivity index is 2.99. The molecule has 1 aromatic rings. The second-order valence-corrected chi connectivity index (χ2v) is 3.13. The fourth-order valence-electron chi connectivity index (χ4n) is 1.26. The molecule has 0 aliphatic heterocycles. The minimum atomic E-state index is -0.585. The molecule has 0 radical (unpaired) electrons. The smallest absolute Gasteiger partial charge is 0.253 e. The predicted molar refractivity (Wildman–Crippen MR) is 60.5 cm³/mol. The first-order valence-corrected chi connectivity index (χ1v) is 4.93. The highest BCUT2D eigenvalue weighted by atomic mass is 19.1. The first-order chi connectivity index (χ1) is 7.60. The molecular weight excluding hydrogens is 209 g/mol. The molecule has 0 spiro atoms. The standard InChI is InChI=1S/C12H14FNO2/c1-4-16-8(2)9-5-6-10(11(13)7-9)12(15)14-3/h5-7H,2,4H2,1,3H3,(H,14,15). The third kappa shape index (κ3) is 2.59. The van der Waals surface area contributed by atoms with E-state index in [1.807, 2.05) is 6.92 Å². The molecule has 0 atom stereocenters. The lowest BCUT2D eigenvalue weighted by Crippen LogP contribution is -2.19. The Labute approximate surface area is 93.9 Å². The lowest BCUT2D eigenvalue weighted by atomic mass is 10.1. The zero-order valence-corrected chi connectivity index (χ0v) is 9.34. The van der Waals surface area contributed by atoms with Crippen LogP contribution in [0.5, 0.6) is 0 Å². The average molecular weight is 223 g/mol. The number of amides is 1. The van der Waals surface area contributed by atoms with Gasteiger partial charge in [-0.3, -0.25) is 4.79 Å². The summed E-state index contributed by atoms with van der Waals surface area (Å²) < 4.78 is 18.7. The Bertz CT molecular complexity index is 415. The van der Waals surface area contributed by atoms with Crippen LogP contribution in [0, 0.1) is 5.82 Å². The van der Waals surface area contributed by atoms with Crippen LogP contribution in [-0.2, 0) is 4.74 Å². The maximum atomic E-state index is 13.5. The highest BCUT2D eigenvalue weighted by molar-refractivity contribution is 5.94. The van der Waals surface area contributed by atoms with Crippen molar-refractivity contribution in [3.8, 4) is 0 Å². The van der Waals surface area contributed by atoms with E-state index in [0.717, 1.165) is 0 Å². The van der Waals surface area contributed by atoms with Gasteiger partial charge in [-0.1, -0.05) is 12.6 Å². The van der Waals surface area contributed by atoms with E-state index in [4.69, 9.17) is 4.74 Å². The number of hydrogen-bond acceptors (Lipinski definition) is 2. The van der Waals surface area contributed by atoms with Gasteiger partial charge in [0.05, 0.1) is 12.2 Å². The van der Waals surface area contributed by atoms with Gasteiger partial charge in [0.1, 0.15) is 11.6 Å². The number of nitrogens with one attached hydrogen (secondary N) is 1. The molecule has 4 heteroatoms. The van der Waals surface area contributed by atoms with E-state index in [9.17, 15) is 9.18 Å². The van der Waals surface area contributed by atoms with Crippen LogP contribution >= 0.6 is 0 Å². The quantitative estimate of drug-likeness (QED) is 0.794. The van der Waals surface area contributed by atoms with Crippen LogP contribution in [0.2, 0.25) is 0 Å². The van der Waals surface area contributed by atoms with Gasteiger partial charge in [0, 0.05) is 12.6 Å². The molecule has 86 valence electrons. The number of ether oxygens (including phenoxy) is 1. The molecule has 1 rings (SSSR count). The second-order valence-electron chi connectivity index (χ2n) is 3.13. The van der Waals surface area contributed by atoms with Gasteiger partial charge in [-0.25, -0.2) is 4.39 Å². The van der Waals surface area contributed by atoms with E-state index in [1.54, 1.807) is 6.07 Å². The fraction of sp³-hybridized carbons (Fsp3) is 0.250. The Kier molecular flexibility index (Phi) is 4.05. The van der Waals surface area contributed by atoms with Gasteiger partial charge < -0.3 is 10.1 Å². The van der Waals surface area contributed by atoms with Crippen molar-refractivity contribution in [1.82, 2.24) is 5.32 Å². The molecule has 16 heavy (non-hydrogen) atoms. The minimum Gasteiger partial charge on any atom is -0.494 e. The van der Waals surface area contributed by atoms with Crippen LogP contribution in [0.15, 0.2) is 24.8 Å². The van der Waals surface area contributed by atoms with Crippen molar-refractivity contribution in [3.63, 3.8) is 0 Å². The topological polar surface area (TPSA) is 38.3 Å². The van der Waals surface area contributed by atoms with Crippen LogP contribution in [0.25, 0.3) is 5.76 Å². The zero-order valence-electron chi connectivity index (χ0n) is 9.34. The monoisotopic (exact) mass is 223 g/mol. The SMILES string of the molecule is C=C(OCC)c1ccc(C(=O)NC)c(F)c1. The zero-order chi connectivity index (χ0) is 12.1. The second kappa shape index (κ2) is 5.30. The van der Waals surface area contributed by atoms with Crippen molar-refractivity contribution in [3.05, 3.63) is 41.7 Å². The molecule has 0 unspecified atom stereocenters. The van der Waals surface area contributed by atoms with Gasteiger partial charge in [-0.2, -0.15) is 0 Å². The normalized spacial score (nSPS) is 9.69. The third-order valence-corrected chi connectivity index (χ3v) is 2.08. The third-order valence-electron chi connectivity index (χ3n) is 2.08. The molecule has 0 aromatic heterocycles. The Morgan fingerprint density at radius 1 is 1.56 bits per heavy atom. The summed E-state index contributed by atoms with van der Waals surface area (Å²) >= 11 is 0. The summed E-state index contributed by atoms with van der Waals surface area (Å²) in [5, 5.41) is 2.36. The Hall–Kier alpha value is -1.84. The molecular formula is C12H14FNO2. The predicted octanol–water partition coefficient (Wildman–Crippen LogP) is 2.19. The lowest BCUT2D eigenvalue weighted by molar-refractivity contribution is 0.0959. The maximum Gasteiger partial charge on any atom is 0.253 e. The summed E-state index contributed by atoms with van der Waals surface area (Å²) in [5.41, 5.74) is 0.544. The number of rotatable bonds is 4. The first kappa shape index (κ1) is 12.2. The van der Waals surface area contributed by atoms with Gasteiger partial charge in [0.2, 0.25) is 0 Å². The summed E-state index contributed by atoms with van der Waals surface area (Å²) in [6.07, 6.45) is 0. The number of halogens is 1. The van der Waals surface area contributed by atoms with Crippen LogP contribution in [-0.4, -0.2) is 19.6 Å². The molecule has 1 amide bonds. The highest BCUT2D eigenvalue weighted by Gasteiger charge is 2.11. The highest BCUT2D eigenvalue weighted by Crippen LogP contribution is 2.17. The van der Waals surface area contributed by atoms with Gasteiger partial charge >= 0.3 is 0 Å². The molecule has 0 aliphatic rings. The van der Waals surface area contributed by atoms with E-state index < -0.39 is 11.7 Å². The van der Waals surface area contributed by atoms with Crippen molar-refractivity contribution in [2.45, 2.75) is 6.92 Å². The van der Waals surface area contributed by atoms with E-state index in [2.05, 4.69) is 11.9 Å². The van der Waals surface area contributed by atoms with Crippen molar-refractivity contribution in [2.24, 2.45) is 0 Å². The van der Waals surface area contributed by atoms with E-state index in [0.29, 0.717) is 17.9 Å². The maximum absolute atomic E-state index is 13.5. The number of benzene rings is 1. The summed E-state index contributed by atoms with van der Waals surface area (Å²) in [6, 6.07) is 4.25. The molecule has 0 saturated heterocycles. The summed E-state index contributed by atoms with van der Waals surface area (Å²) in [4.78, 5) is 11.2. The van der Waals surface area contributed by atoms with Gasteiger partial charge in [-0.15, -0.1) is 0 Å². The van der Waals surface area contributed by atoms with Crippen LogP contribution in [0.1, 0.15) is 22.8 Å². The van der Waals surface area contributed by atoms with Crippen molar-refractivity contribution in [1.29, 1.82) is 0 Å². The van der Waals surface area contributed by atoms with E-state index >= 15 is 0 Å². The Morgan fingerprint density at radius 3 is 2.75 bits per heavy atom. The van der Waals surface area contributed by atoms with Crippen LogP contribution in [0.3, 0.4) is 0 Å². The van der Waals surface area contributed by atoms with Gasteiger partial charge in [0.15, 0.2) is 0 Å². The first-order valence-electron chi connectivity index (χ1n) is 4.93. The lowest BCUT2D eigenvalue weighted by Gasteiger charge is -2.08. The number of carbonyl (C=O) groups excluding carboxylic acids is 1. The van der Waals surface area contributed by atoms with E-state index in [-0.39, 0.29) is 5.56 Å². The summed E-state index contributed by atoms with van der Waals surface area (Å²) in [5.74, 6) is -0.645. The molecule has 1 aromatic carbocycles. The number of carbonyl (C=O) groups is 1. The summed E-state index contributed by atoms with van der Waals surface area (Å²) in [7, 11) is 1.45. The van der Waals surface area contributed by atoms with Gasteiger partial charge in [-0.05, 0) is 19.1 Å². The molecule has 0 aliphatic carbocycles. The fourth-order valence-corrected chi connectivity index (χ4v) is 1.26. The largest absolute Gasteiger partial charge is 0.494 e. The van der Waals surface area contributed by atoms with Crippen molar-refractivity contribution in [2.75, 3.05) is 13.7 Å². The van der Waals surface area contributed by atoms with Gasteiger partial charge in [0.25, 0.3) is 5.91 Å². The molecule has 0 bridgehead atoms. The average Bonchev–Trinajstić information content (AvgIpc) is 2.28. The van der Waals surface area contributed by atoms with Crippen molar-refractivity contribution < 1.29 is 13.9 Å². The Morgan fingerprint density at radius 2 is 2.25 bits per heavy atom. The van der Waals surface area contributed by atoms with Crippen molar-refractivity contribution >= 4 is 11.7 Å². The van der Waals surface area contributed by atoms with Crippen LogP contribution < -0.4 is 5.32 Å². The molecule has 1 N–H and O–H groups in total. The number of hydrogen-bond donors (Lipinski definition) is 1. The molecule has 0 fully saturated rings. The molecule has 0 saturated carbocycles.